The first-order valence-electron chi connectivity index (χ1n) is 4.79. The summed E-state index contributed by atoms with van der Waals surface area (Å²) in [6.45, 7) is -1.22. The Labute approximate surface area is 104 Å². The molecule has 0 aliphatic carbocycles. The number of hydrogen-bond acceptors (Lipinski definition) is 4. The number of nitro groups is 1. The number of benzene rings is 1. The molecule has 0 spiro atoms. The van der Waals surface area contributed by atoms with Crippen LogP contribution in [0.5, 0.6) is 5.75 Å². The van der Waals surface area contributed by atoms with Crippen molar-refractivity contribution in [1.82, 2.24) is 0 Å². The van der Waals surface area contributed by atoms with Gasteiger partial charge in [0, 0.05) is 6.07 Å². The fraction of sp³-hybridized carbons (Fsp3) is 0.300. The predicted octanol–water partition coefficient (Wildman–Crippen LogP) is 2.81. The lowest BCUT2D eigenvalue weighted by Crippen LogP contribution is -2.27. The van der Waals surface area contributed by atoms with Crippen molar-refractivity contribution < 1.29 is 27.2 Å². The molecule has 0 heterocycles. The molecule has 1 atom stereocenters. The zero-order chi connectivity index (χ0) is 14.6. The first-order valence-corrected chi connectivity index (χ1v) is 4.79. The summed E-state index contributed by atoms with van der Waals surface area (Å²) in [4.78, 5) is 9.56. The normalized spacial score (nSPS) is 12.6. The molecule has 0 amide bonds. The van der Waals surface area contributed by atoms with E-state index in [1.165, 1.54) is 0 Å². The molecule has 1 aromatic carbocycles. The number of nitriles is 1. The number of halogens is 4. The van der Waals surface area contributed by atoms with Crippen molar-refractivity contribution in [3.8, 4) is 11.8 Å². The molecule has 0 N–H and O–H groups in total. The van der Waals surface area contributed by atoms with Gasteiger partial charge in [-0.3, -0.25) is 10.1 Å². The number of nitrogens with zero attached hydrogens (tertiary/aromatic N) is 2. The molecular weight excluding hydrogens is 272 g/mol. The van der Waals surface area contributed by atoms with Gasteiger partial charge >= 0.3 is 11.9 Å². The summed E-state index contributed by atoms with van der Waals surface area (Å²) in [5.74, 6) is -4.59. The molecule has 0 radical (unpaired) electrons. The summed E-state index contributed by atoms with van der Waals surface area (Å²) in [7, 11) is 0. The van der Waals surface area contributed by atoms with Gasteiger partial charge in [0.25, 0.3) is 0 Å². The van der Waals surface area contributed by atoms with Gasteiger partial charge in [0.1, 0.15) is 6.61 Å². The number of hydrogen-bond donors (Lipinski definition) is 0. The van der Waals surface area contributed by atoms with Crippen LogP contribution in [0.4, 0.5) is 23.2 Å². The lowest BCUT2D eigenvalue weighted by Gasteiger charge is -2.14. The van der Waals surface area contributed by atoms with Crippen LogP contribution in [0.2, 0.25) is 0 Å². The Hall–Kier alpha value is -2.37. The average molecular weight is 278 g/mol. The monoisotopic (exact) mass is 278 g/mol. The number of rotatable bonds is 4. The zero-order valence-electron chi connectivity index (χ0n) is 9.15. The van der Waals surface area contributed by atoms with Crippen LogP contribution in [-0.2, 0) is 0 Å². The van der Waals surface area contributed by atoms with E-state index in [9.17, 15) is 27.7 Å². The lowest BCUT2D eigenvalue weighted by atomic mass is 10.2. The SMILES string of the molecule is N#CC(COc1c(F)cccc1[N+](=O)[O-])C(F)(F)F. The number of para-hydroxylation sites is 1. The van der Waals surface area contributed by atoms with Crippen LogP contribution < -0.4 is 4.74 Å². The molecule has 0 fully saturated rings. The van der Waals surface area contributed by atoms with E-state index < -0.39 is 40.9 Å². The summed E-state index contributed by atoms with van der Waals surface area (Å²) < 4.78 is 54.5. The Morgan fingerprint density at radius 3 is 2.58 bits per heavy atom. The second-order valence-electron chi connectivity index (χ2n) is 3.38. The Balaban J connectivity index is 2.95. The maximum absolute atomic E-state index is 13.3. The minimum absolute atomic E-state index is 0.803. The van der Waals surface area contributed by atoms with Gasteiger partial charge in [-0.25, -0.2) is 4.39 Å². The van der Waals surface area contributed by atoms with Gasteiger partial charge in [-0.1, -0.05) is 6.07 Å². The van der Waals surface area contributed by atoms with Gasteiger partial charge in [-0.05, 0) is 6.07 Å². The van der Waals surface area contributed by atoms with Crippen LogP contribution in [0.3, 0.4) is 0 Å². The third-order valence-electron chi connectivity index (χ3n) is 2.09. The second kappa shape index (κ2) is 5.51. The maximum atomic E-state index is 13.3. The lowest BCUT2D eigenvalue weighted by molar-refractivity contribution is -0.386. The Kier molecular flexibility index (Phi) is 4.26. The van der Waals surface area contributed by atoms with Crippen LogP contribution in [0, 0.1) is 33.2 Å². The zero-order valence-corrected chi connectivity index (χ0v) is 9.15. The summed E-state index contributed by atoms with van der Waals surface area (Å²) >= 11 is 0. The van der Waals surface area contributed by atoms with Gasteiger partial charge in [0.15, 0.2) is 11.7 Å². The van der Waals surface area contributed by atoms with Gasteiger partial charge in [0.05, 0.1) is 11.0 Å². The number of alkyl halides is 3. The molecule has 1 unspecified atom stereocenters. The number of ether oxygens (including phenoxy) is 1. The fourth-order valence-electron chi connectivity index (χ4n) is 1.16. The van der Waals surface area contributed by atoms with Crippen LogP contribution in [0.25, 0.3) is 0 Å². The van der Waals surface area contributed by atoms with Crippen LogP contribution in [0.1, 0.15) is 0 Å². The molecule has 1 rings (SSSR count). The summed E-state index contributed by atoms with van der Waals surface area (Å²) in [6, 6.07) is 3.64. The highest BCUT2D eigenvalue weighted by molar-refractivity contribution is 5.46. The maximum Gasteiger partial charge on any atom is 0.407 e. The minimum atomic E-state index is -4.85. The van der Waals surface area contributed by atoms with Gasteiger partial charge < -0.3 is 4.74 Å². The van der Waals surface area contributed by atoms with Crippen molar-refractivity contribution >= 4 is 5.69 Å². The van der Waals surface area contributed by atoms with Crippen LogP contribution in [-0.4, -0.2) is 17.7 Å². The van der Waals surface area contributed by atoms with E-state index in [4.69, 9.17) is 5.26 Å². The van der Waals surface area contributed by atoms with E-state index in [0.29, 0.717) is 0 Å². The first-order chi connectivity index (χ1) is 8.77. The smallest absolute Gasteiger partial charge is 0.407 e. The summed E-state index contributed by atoms with van der Waals surface area (Å²) in [5.41, 5.74) is -0.807. The second-order valence-corrected chi connectivity index (χ2v) is 3.38. The molecule has 0 aliphatic heterocycles. The van der Waals surface area contributed by atoms with Gasteiger partial charge in [-0.15, -0.1) is 0 Å². The molecule has 19 heavy (non-hydrogen) atoms. The van der Waals surface area contributed by atoms with E-state index in [1.54, 1.807) is 0 Å². The van der Waals surface area contributed by atoms with Gasteiger partial charge in [-0.2, -0.15) is 18.4 Å². The van der Waals surface area contributed by atoms with Crippen molar-refractivity contribution in [2.24, 2.45) is 5.92 Å². The molecule has 0 bridgehead atoms. The number of nitro benzene ring substituents is 1. The molecule has 0 aromatic heterocycles. The Bertz CT molecular complexity index is 524. The molecule has 1 aromatic rings. The predicted molar refractivity (Wildman–Crippen MR) is 53.7 cm³/mol. The molecule has 9 heteroatoms. The van der Waals surface area contributed by atoms with E-state index in [0.717, 1.165) is 24.3 Å². The van der Waals surface area contributed by atoms with Crippen molar-refractivity contribution in [3.63, 3.8) is 0 Å². The Morgan fingerprint density at radius 1 is 1.47 bits per heavy atom. The quantitative estimate of drug-likeness (QED) is 0.482. The van der Waals surface area contributed by atoms with Gasteiger partial charge in [0.2, 0.25) is 5.75 Å². The molecule has 0 saturated heterocycles. The average Bonchev–Trinajstić information content (AvgIpc) is 2.29. The summed E-state index contributed by atoms with van der Waals surface area (Å²) in [5, 5.41) is 18.9. The Morgan fingerprint density at radius 2 is 2.11 bits per heavy atom. The molecule has 102 valence electrons. The molecule has 5 nitrogen and oxygen atoms in total. The van der Waals surface area contributed by atoms with Crippen LogP contribution in [0.15, 0.2) is 18.2 Å². The van der Waals surface area contributed by atoms with E-state index in [1.807, 2.05) is 0 Å². The molecule has 0 saturated carbocycles. The first kappa shape index (κ1) is 14.7. The van der Waals surface area contributed by atoms with Crippen LogP contribution >= 0.6 is 0 Å². The highest BCUT2D eigenvalue weighted by Crippen LogP contribution is 2.32. The van der Waals surface area contributed by atoms with Crippen molar-refractivity contribution in [2.75, 3.05) is 6.61 Å². The molecule has 0 aliphatic rings. The third-order valence-corrected chi connectivity index (χ3v) is 2.09. The highest BCUT2D eigenvalue weighted by Gasteiger charge is 2.41. The topological polar surface area (TPSA) is 76.2 Å². The summed E-state index contributed by atoms with van der Waals surface area (Å²) in [6.07, 6.45) is -4.85. The standard InChI is InChI=1S/C10H6F4N2O3/c11-7-2-1-3-8(16(17)18)9(7)19-5-6(4-15)10(12,13)14/h1-3,6H,5H2. The van der Waals surface area contributed by atoms with Crippen molar-refractivity contribution in [2.45, 2.75) is 6.18 Å². The molecular formula is C10H6F4N2O3. The fourth-order valence-corrected chi connectivity index (χ4v) is 1.16. The van der Waals surface area contributed by atoms with Crippen molar-refractivity contribution in [3.05, 3.63) is 34.1 Å². The van der Waals surface area contributed by atoms with E-state index >= 15 is 0 Å². The van der Waals surface area contributed by atoms with Crippen molar-refractivity contribution in [1.29, 1.82) is 5.26 Å². The minimum Gasteiger partial charge on any atom is -0.483 e. The van der Waals surface area contributed by atoms with E-state index in [2.05, 4.69) is 4.74 Å². The van der Waals surface area contributed by atoms with E-state index in [-0.39, 0.29) is 0 Å². The largest absolute Gasteiger partial charge is 0.483 e. The highest BCUT2D eigenvalue weighted by atomic mass is 19.4. The third kappa shape index (κ3) is 3.54.